The Morgan fingerprint density at radius 3 is 2.63 bits per heavy atom. The zero-order valence-electron chi connectivity index (χ0n) is 9.70. The molecule has 2 rings (SSSR count). The van der Waals surface area contributed by atoms with Gasteiger partial charge in [0.2, 0.25) is 5.78 Å². The Morgan fingerprint density at radius 2 is 1.89 bits per heavy atom. The maximum Gasteiger partial charge on any atom is 0.201 e. The Bertz CT molecular complexity index is 614. The van der Waals surface area contributed by atoms with E-state index in [0.717, 1.165) is 18.2 Å². The molecule has 0 aliphatic carbocycles. The molecule has 5 heteroatoms. The van der Waals surface area contributed by atoms with Crippen molar-refractivity contribution in [2.75, 3.05) is 6.61 Å². The summed E-state index contributed by atoms with van der Waals surface area (Å²) in [6.45, 7) is -0.413. The molecule has 19 heavy (non-hydrogen) atoms. The molecule has 2 aromatic rings. The van der Waals surface area contributed by atoms with E-state index in [1.165, 1.54) is 6.07 Å². The number of carbonyl (C=O) groups is 1. The molecule has 0 fully saturated rings. The first-order valence-corrected chi connectivity index (χ1v) is 5.81. The smallest absolute Gasteiger partial charge is 0.201 e. The molecule has 0 saturated carbocycles. The molecule has 98 valence electrons. The summed E-state index contributed by atoms with van der Waals surface area (Å²) in [7, 11) is 0. The number of ether oxygens (including phenoxy) is 1. The number of halogens is 3. The minimum absolute atomic E-state index is 0.279. The van der Waals surface area contributed by atoms with Gasteiger partial charge < -0.3 is 4.74 Å². The van der Waals surface area contributed by atoms with Crippen LogP contribution >= 0.6 is 11.6 Å². The number of ketones is 1. The highest BCUT2D eigenvalue weighted by molar-refractivity contribution is 6.34. The zero-order valence-corrected chi connectivity index (χ0v) is 10.5. The second-order valence-electron chi connectivity index (χ2n) is 3.77. The molecular weight excluding hydrogens is 274 g/mol. The van der Waals surface area contributed by atoms with E-state index in [2.05, 4.69) is 0 Å². The van der Waals surface area contributed by atoms with Gasteiger partial charge in [0.1, 0.15) is 5.82 Å². The number of carbonyl (C=O) groups excluding carboxylic acids is 1. The highest BCUT2D eigenvalue weighted by Crippen LogP contribution is 2.19. The molecule has 0 amide bonds. The van der Waals surface area contributed by atoms with Gasteiger partial charge in [-0.15, -0.1) is 0 Å². The van der Waals surface area contributed by atoms with E-state index in [1.54, 1.807) is 18.2 Å². The molecule has 0 bridgehead atoms. The van der Waals surface area contributed by atoms with Crippen LogP contribution in [-0.2, 0) is 0 Å². The Balaban J connectivity index is 2.09. The van der Waals surface area contributed by atoms with Gasteiger partial charge in [0.05, 0.1) is 5.02 Å². The largest absolute Gasteiger partial charge is 0.482 e. The number of Topliss-reactive ketones (excluding diaryl/α,β-unsaturated/α-hetero) is 1. The van der Waals surface area contributed by atoms with E-state index < -0.39 is 24.0 Å². The second-order valence-corrected chi connectivity index (χ2v) is 4.17. The Labute approximate surface area is 113 Å². The van der Waals surface area contributed by atoms with E-state index in [4.69, 9.17) is 16.3 Å². The van der Waals surface area contributed by atoms with Crippen molar-refractivity contribution in [3.63, 3.8) is 0 Å². The molecule has 0 spiro atoms. The van der Waals surface area contributed by atoms with Gasteiger partial charge in [0, 0.05) is 11.6 Å². The van der Waals surface area contributed by atoms with Gasteiger partial charge in [-0.2, -0.15) is 0 Å². The SMILES string of the molecule is O=C(COc1cc(F)ccc1F)c1ccccc1Cl. The average molecular weight is 283 g/mol. The number of benzene rings is 2. The summed E-state index contributed by atoms with van der Waals surface area (Å²) >= 11 is 5.85. The molecule has 0 atom stereocenters. The molecular formula is C14H9ClF2O2. The zero-order chi connectivity index (χ0) is 13.8. The minimum atomic E-state index is -0.728. The van der Waals surface area contributed by atoms with Crippen molar-refractivity contribution in [2.45, 2.75) is 0 Å². The summed E-state index contributed by atoms with van der Waals surface area (Å²) in [5.41, 5.74) is 0.279. The standard InChI is InChI=1S/C14H9ClF2O2/c15-11-4-2-1-3-10(11)13(18)8-19-14-7-9(16)5-6-12(14)17/h1-7H,8H2. The maximum absolute atomic E-state index is 13.3. The van der Waals surface area contributed by atoms with E-state index in [9.17, 15) is 13.6 Å². The fourth-order valence-electron chi connectivity index (χ4n) is 1.50. The lowest BCUT2D eigenvalue weighted by Crippen LogP contribution is -2.12. The van der Waals surface area contributed by atoms with Crippen LogP contribution in [-0.4, -0.2) is 12.4 Å². The van der Waals surface area contributed by atoms with Gasteiger partial charge in [-0.05, 0) is 24.3 Å². The summed E-state index contributed by atoms with van der Waals surface area (Å²) in [6, 6.07) is 9.24. The average Bonchev–Trinajstić information content (AvgIpc) is 2.40. The van der Waals surface area contributed by atoms with Crippen molar-refractivity contribution in [3.8, 4) is 5.75 Å². The molecule has 0 heterocycles. The van der Waals surface area contributed by atoms with Crippen LogP contribution in [0.15, 0.2) is 42.5 Å². The summed E-state index contributed by atoms with van der Waals surface area (Å²) < 4.78 is 31.1. The van der Waals surface area contributed by atoms with E-state index >= 15 is 0 Å². The molecule has 0 N–H and O–H groups in total. The van der Waals surface area contributed by atoms with E-state index in [-0.39, 0.29) is 16.3 Å². The monoisotopic (exact) mass is 282 g/mol. The molecule has 0 aliphatic heterocycles. The molecule has 0 aromatic heterocycles. The molecule has 0 aliphatic rings. The molecule has 0 radical (unpaired) electrons. The van der Waals surface area contributed by atoms with Crippen LogP contribution < -0.4 is 4.74 Å². The lowest BCUT2D eigenvalue weighted by Gasteiger charge is -2.07. The molecule has 2 aromatic carbocycles. The van der Waals surface area contributed by atoms with Crippen molar-refractivity contribution in [1.82, 2.24) is 0 Å². The van der Waals surface area contributed by atoms with Crippen LogP contribution in [0, 0.1) is 11.6 Å². The number of hydrogen-bond acceptors (Lipinski definition) is 2. The van der Waals surface area contributed by atoms with Crippen molar-refractivity contribution < 1.29 is 18.3 Å². The second kappa shape index (κ2) is 5.80. The lowest BCUT2D eigenvalue weighted by atomic mass is 10.1. The van der Waals surface area contributed by atoms with Crippen molar-refractivity contribution in [1.29, 1.82) is 0 Å². The van der Waals surface area contributed by atoms with Crippen LogP contribution in [0.2, 0.25) is 5.02 Å². The van der Waals surface area contributed by atoms with Crippen molar-refractivity contribution in [2.24, 2.45) is 0 Å². The van der Waals surface area contributed by atoms with Crippen LogP contribution in [0.4, 0.5) is 8.78 Å². The predicted molar refractivity (Wildman–Crippen MR) is 67.6 cm³/mol. The number of hydrogen-bond donors (Lipinski definition) is 0. The summed E-state index contributed by atoms with van der Waals surface area (Å²) in [6.07, 6.45) is 0. The van der Waals surface area contributed by atoms with E-state index in [1.807, 2.05) is 0 Å². The lowest BCUT2D eigenvalue weighted by molar-refractivity contribution is 0.0918. The van der Waals surface area contributed by atoms with E-state index in [0.29, 0.717) is 0 Å². The fraction of sp³-hybridized carbons (Fsp3) is 0.0714. The highest BCUT2D eigenvalue weighted by Gasteiger charge is 2.12. The first kappa shape index (κ1) is 13.5. The minimum Gasteiger partial charge on any atom is -0.482 e. The van der Waals surface area contributed by atoms with Crippen LogP contribution in [0.3, 0.4) is 0 Å². The topological polar surface area (TPSA) is 26.3 Å². The van der Waals surface area contributed by atoms with Crippen LogP contribution in [0.5, 0.6) is 5.75 Å². The van der Waals surface area contributed by atoms with Crippen molar-refractivity contribution >= 4 is 17.4 Å². The summed E-state index contributed by atoms with van der Waals surface area (Å²) in [5, 5.41) is 0.288. The Kier molecular flexibility index (Phi) is 4.12. The van der Waals surface area contributed by atoms with Gasteiger partial charge in [0.25, 0.3) is 0 Å². The van der Waals surface area contributed by atoms with Gasteiger partial charge in [-0.1, -0.05) is 23.7 Å². The van der Waals surface area contributed by atoms with Gasteiger partial charge >= 0.3 is 0 Å². The maximum atomic E-state index is 13.3. The normalized spacial score (nSPS) is 10.3. The Hall–Kier alpha value is -1.94. The first-order chi connectivity index (χ1) is 9.08. The Morgan fingerprint density at radius 1 is 1.16 bits per heavy atom. The van der Waals surface area contributed by atoms with Gasteiger partial charge in [-0.25, -0.2) is 8.78 Å². The first-order valence-electron chi connectivity index (χ1n) is 5.43. The van der Waals surface area contributed by atoms with Crippen molar-refractivity contribution in [3.05, 3.63) is 64.7 Å². The summed E-state index contributed by atoms with van der Waals surface area (Å²) in [4.78, 5) is 11.8. The third-order valence-electron chi connectivity index (χ3n) is 2.43. The third kappa shape index (κ3) is 3.29. The fourth-order valence-corrected chi connectivity index (χ4v) is 1.74. The molecule has 2 nitrogen and oxygen atoms in total. The molecule has 0 saturated heterocycles. The highest BCUT2D eigenvalue weighted by atomic mass is 35.5. The molecule has 0 unspecified atom stereocenters. The van der Waals surface area contributed by atoms with Gasteiger partial charge in [0.15, 0.2) is 18.2 Å². The third-order valence-corrected chi connectivity index (χ3v) is 2.76. The summed E-state index contributed by atoms with van der Waals surface area (Å²) in [5.74, 6) is -2.08. The number of rotatable bonds is 4. The van der Waals surface area contributed by atoms with Gasteiger partial charge in [-0.3, -0.25) is 4.79 Å². The van der Waals surface area contributed by atoms with Crippen LogP contribution in [0.1, 0.15) is 10.4 Å². The predicted octanol–water partition coefficient (Wildman–Crippen LogP) is 3.88. The quantitative estimate of drug-likeness (QED) is 0.796. The van der Waals surface area contributed by atoms with Crippen LogP contribution in [0.25, 0.3) is 0 Å².